The van der Waals surface area contributed by atoms with Crippen molar-refractivity contribution in [2.75, 3.05) is 13.7 Å². The molecule has 168 valence electrons. The van der Waals surface area contributed by atoms with Crippen molar-refractivity contribution in [1.82, 2.24) is 4.57 Å². The fraction of sp³-hybridized carbons (Fsp3) is 0.259. The summed E-state index contributed by atoms with van der Waals surface area (Å²) < 4.78 is 13.2. The first-order chi connectivity index (χ1) is 16.1. The molecule has 1 aliphatic carbocycles. The Balaban J connectivity index is 1.85. The average Bonchev–Trinajstić information content (AvgIpc) is 3.15. The fourth-order valence-electron chi connectivity index (χ4n) is 4.95. The second-order valence-corrected chi connectivity index (χ2v) is 8.45. The maximum Gasteiger partial charge on any atom is 0.343 e. The van der Waals surface area contributed by atoms with Crippen LogP contribution in [-0.4, -0.2) is 30.2 Å². The zero-order valence-corrected chi connectivity index (χ0v) is 18.6. The highest BCUT2D eigenvalue weighted by Gasteiger charge is 2.25. The number of methoxy groups -OCH3 is 1. The predicted molar refractivity (Wildman–Crippen MR) is 128 cm³/mol. The molecule has 3 aromatic carbocycles. The van der Waals surface area contributed by atoms with Crippen LogP contribution in [0.4, 0.5) is 0 Å². The summed E-state index contributed by atoms with van der Waals surface area (Å²) in [6, 6.07) is 18.0. The van der Waals surface area contributed by atoms with E-state index in [1.807, 2.05) is 30.3 Å². The number of benzene rings is 3. The number of amides is 1. The van der Waals surface area contributed by atoms with Crippen molar-refractivity contribution in [1.29, 1.82) is 0 Å². The van der Waals surface area contributed by atoms with Crippen LogP contribution in [-0.2, 0) is 28.9 Å². The van der Waals surface area contributed by atoms with Gasteiger partial charge in [0.2, 0.25) is 5.91 Å². The Morgan fingerprint density at radius 3 is 2.52 bits per heavy atom. The number of aryl methyl sites for hydroxylation is 1. The summed E-state index contributed by atoms with van der Waals surface area (Å²) in [7, 11) is 1.35. The highest BCUT2D eigenvalue weighted by molar-refractivity contribution is 6.20. The van der Waals surface area contributed by atoms with Gasteiger partial charge in [-0.3, -0.25) is 4.79 Å². The number of esters is 1. The standard InChI is InChI=1S/C27H26N2O4/c1-32-23(30)16-33-26-19-11-6-5-10-18(19)14-22-25(26)24-20(27(28)31)12-7-13-21(24)29(22)15-17-8-3-2-4-9-17/h2-4,7-9,12-14H,5-6,10-11,15-16H2,1H3,(H2,28,31). The molecule has 0 bridgehead atoms. The van der Waals surface area contributed by atoms with Gasteiger partial charge < -0.3 is 19.8 Å². The number of primary amides is 1. The lowest BCUT2D eigenvalue weighted by Gasteiger charge is -2.21. The number of rotatable bonds is 6. The number of hydrogen-bond donors (Lipinski definition) is 1. The molecular formula is C27H26N2O4. The highest BCUT2D eigenvalue weighted by Crippen LogP contribution is 2.43. The molecule has 5 rings (SSSR count). The van der Waals surface area contributed by atoms with E-state index in [1.54, 1.807) is 6.07 Å². The topological polar surface area (TPSA) is 83.6 Å². The summed E-state index contributed by atoms with van der Waals surface area (Å²) in [5.41, 5.74) is 11.6. The molecule has 2 N–H and O–H groups in total. The molecule has 1 aliphatic rings. The molecule has 0 fully saturated rings. The molecule has 0 saturated heterocycles. The van der Waals surface area contributed by atoms with Gasteiger partial charge >= 0.3 is 5.97 Å². The Bertz CT molecular complexity index is 1370. The number of carbonyl (C=O) groups is 2. The summed E-state index contributed by atoms with van der Waals surface area (Å²) >= 11 is 0. The van der Waals surface area contributed by atoms with E-state index in [0.717, 1.165) is 58.6 Å². The van der Waals surface area contributed by atoms with Crippen LogP contribution in [0.5, 0.6) is 5.75 Å². The molecule has 6 heteroatoms. The Morgan fingerprint density at radius 2 is 1.76 bits per heavy atom. The van der Waals surface area contributed by atoms with E-state index >= 15 is 0 Å². The predicted octanol–water partition coefficient (Wildman–Crippen LogP) is 4.37. The minimum absolute atomic E-state index is 0.188. The average molecular weight is 443 g/mol. The van der Waals surface area contributed by atoms with E-state index in [1.165, 1.54) is 12.7 Å². The Morgan fingerprint density at radius 1 is 0.970 bits per heavy atom. The molecule has 0 radical (unpaired) electrons. The third kappa shape index (κ3) is 3.71. The first kappa shape index (κ1) is 21.1. The van der Waals surface area contributed by atoms with Gasteiger partial charge in [0.15, 0.2) is 6.61 Å². The highest BCUT2D eigenvalue weighted by atomic mass is 16.6. The quantitative estimate of drug-likeness (QED) is 0.450. The first-order valence-electron chi connectivity index (χ1n) is 11.2. The number of nitrogens with two attached hydrogens (primary N) is 1. The van der Waals surface area contributed by atoms with Gasteiger partial charge in [-0.15, -0.1) is 0 Å². The van der Waals surface area contributed by atoms with Crippen LogP contribution in [0.15, 0.2) is 54.6 Å². The fourth-order valence-corrected chi connectivity index (χ4v) is 4.95. The third-order valence-electron chi connectivity index (χ3n) is 6.46. The van der Waals surface area contributed by atoms with E-state index in [2.05, 4.69) is 22.8 Å². The van der Waals surface area contributed by atoms with Crippen molar-refractivity contribution in [3.63, 3.8) is 0 Å². The van der Waals surface area contributed by atoms with Crippen LogP contribution >= 0.6 is 0 Å². The summed E-state index contributed by atoms with van der Waals surface area (Å²) in [5, 5.41) is 1.60. The van der Waals surface area contributed by atoms with E-state index < -0.39 is 11.9 Å². The molecule has 1 aromatic heterocycles. The van der Waals surface area contributed by atoms with Crippen molar-refractivity contribution in [2.24, 2.45) is 5.73 Å². The van der Waals surface area contributed by atoms with Gasteiger partial charge in [0, 0.05) is 17.5 Å². The van der Waals surface area contributed by atoms with Gasteiger partial charge in [0.05, 0.1) is 23.5 Å². The van der Waals surface area contributed by atoms with E-state index in [4.69, 9.17) is 15.2 Å². The van der Waals surface area contributed by atoms with Gasteiger partial charge in [-0.05, 0) is 60.6 Å². The monoisotopic (exact) mass is 442 g/mol. The molecular weight excluding hydrogens is 416 g/mol. The zero-order chi connectivity index (χ0) is 22.9. The van der Waals surface area contributed by atoms with Gasteiger partial charge in [-0.25, -0.2) is 4.79 Å². The lowest BCUT2D eigenvalue weighted by molar-refractivity contribution is -0.142. The number of ether oxygens (including phenoxy) is 2. The molecule has 4 aromatic rings. The van der Waals surface area contributed by atoms with Gasteiger partial charge in [0.25, 0.3) is 0 Å². The number of aromatic nitrogens is 1. The first-order valence-corrected chi connectivity index (χ1v) is 11.2. The maximum atomic E-state index is 12.4. The molecule has 1 heterocycles. The molecule has 0 unspecified atom stereocenters. The SMILES string of the molecule is COC(=O)COc1c2c(cc3c1c1c(C(N)=O)cccc1n3Cc1ccccc1)CCCC2. The second kappa shape index (κ2) is 8.62. The summed E-state index contributed by atoms with van der Waals surface area (Å²) in [6.07, 6.45) is 3.99. The minimum Gasteiger partial charge on any atom is -0.481 e. The van der Waals surface area contributed by atoms with Crippen LogP contribution in [0.2, 0.25) is 0 Å². The molecule has 0 spiro atoms. The van der Waals surface area contributed by atoms with Crippen molar-refractivity contribution in [3.8, 4) is 5.75 Å². The van der Waals surface area contributed by atoms with Gasteiger partial charge in [-0.1, -0.05) is 36.4 Å². The number of hydrogen-bond acceptors (Lipinski definition) is 4. The maximum absolute atomic E-state index is 12.4. The van der Waals surface area contributed by atoms with E-state index in [9.17, 15) is 9.59 Å². The van der Waals surface area contributed by atoms with Crippen molar-refractivity contribution >= 4 is 33.7 Å². The van der Waals surface area contributed by atoms with Crippen LogP contribution in [0.1, 0.15) is 39.9 Å². The van der Waals surface area contributed by atoms with Crippen molar-refractivity contribution in [2.45, 2.75) is 32.2 Å². The minimum atomic E-state index is -0.490. The van der Waals surface area contributed by atoms with Crippen molar-refractivity contribution < 1.29 is 19.1 Å². The number of fused-ring (bicyclic) bond motifs is 4. The van der Waals surface area contributed by atoms with Crippen LogP contribution in [0.3, 0.4) is 0 Å². The molecule has 1 amide bonds. The normalized spacial score (nSPS) is 13.1. The lowest BCUT2D eigenvalue weighted by atomic mass is 9.89. The third-order valence-corrected chi connectivity index (χ3v) is 6.46. The Hall–Kier alpha value is -3.80. The largest absolute Gasteiger partial charge is 0.481 e. The molecule has 0 saturated carbocycles. The summed E-state index contributed by atoms with van der Waals surface area (Å²) in [4.78, 5) is 24.4. The molecule has 0 atom stereocenters. The lowest BCUT2D eigenvalue weighted by Crippen LogP contribution is -2.15. The van der Waals surface area contributed by atoms with Crippen LogP contribution < -0.4 is 10.5 Å². The van der Waals surface area contributed by atoms with Crippen LogP contribution in [0.25, 0.3) is 21.8 Å². The number of carbonyl (C=O) groups excluding carboxylic acids is 2. The summed E-state index contributed by atoms with van der Waals surface area (Å²) in [6.45, 7) is 0.449. The van der Waals surface area contributed by atoms with Crippen LogP contribution in [0, 0.1) is 0 Å². The number of nitrogens with zero attached hydrogens (tertiary/aromatic N) is 1. The van der Waals surface area contributed by atoms with E-state index in [-0.39, 0.29) is 6.61 Å². The second-order valence-electron chi connectivity index (χ2n) is 8.45. The Kier molecular flexibility index (Phi) is 5.50. The van der Waals surface area contributed by atoms with Gasteiger partial charge in [0.1, 0.15) is 5.75 Å². The van der Waals surface area contributed by atoms with Gasteiger partial charge in [-0.2, -0.15) is 0 Å². The van der Waals surface area contributed by atoms with E-state index in [0.29, 0.717) is 17.9 Å². The summed E-state index contributed by atoms with van der Waals surface area (Å²) in [5.74, 6) is -0.270. The Labute approximate surface area is 191 Å². The molecule has 0 aliphatic heterocycles. The van der Waals surface area contributed by atoms with Crippen molar-refractivity contribution in [3.05, 3.63) is 76.9 Å². The zero-order valence-electron chi connectivity index (χ0n) is 18.6. The smallest absolute Gasteiger partial charge is 0.343 e. The molecule has 33 heavy (non-hydrogen) atoms. The molecule has 6 nitrogen and oxygen atoms in total.